The molecule has 1 rings (SSSR count). The largest absolute Gasteiger partial charge is 0.319 e. The van der Waals surface area contributed by atoms with Gasteiger partial charge in [0.25, 0.3) is 0 Å². The van der Waals surface area contributed by atoms with E-state index in [-0.39, 0.29) is 0 Å². The van der Waals surface area contributed by atoms with Gasteiger partial charge in [-0.05, 0) is 49.5 Å². The van der Waals surface area contributed by atoms with Gasteiger partial charge in [-0.1, -0.05) is 43.1 Å². The molecule has 1 aromatic carbocycles. The lowest BCUT2D eigenvalue weighted by atomic mass is 9.89. The van der Waals surface area contributed by atoms with Gasteiger partial charge in [0.1, 0.15) is 0 Å². The fourth-order valence-corrected chi connectivity index (χ4v) is 2.24. The average molecular weight is 260 g/mol. The van der Waals surface area contributed by atoms with Crippen LogP contribution in [0.25, 0.3) is 0 Å². The molecular weight excluding hydrogens is 241 g/mol. The van der Waals surface area contributed by atoms with Crippen molar-refractivity contribution in [3.63, 3.8) is 0 Å². The maximum atomic E-state index is 6.16. The number of halogens is 2. The minimum atomic E-state index is 0.603. The lowest BCUT2D eigenvalue weighted by molar-refractivity contribution is 0.374. The third-order valence-electron chi connectivity index (χ3n) is 3.05. The molecule has 0 radical (unpaired) electrons. The van der Waals surface area contributed by atoms with Gasteiger partial charge in [-0.15, -0.1) is 0 Å². The van der Waals surface area contributed by atoms with Crippen molar-refractivity contribution in [1.29, 1.82) is 0 Å². The van der Waals surface area contributed by atoms with Crippen molar-refractivity contribution >= 4 is 23.2 Å². The predicted octanol–water partition coefficient (Wildman–Crippen LogP) is 4.03. The molecule has 16 heavy (non-hydrogen) atoms. The summed E-state index contributed by atoms with van der Waals surface area (Å²) in [5.74, 6) is 1.24. The molecule has 0 aromatic heterocycles. The van der Waals surface area contributed by atoms with E-state index in [4.69, 9.17) is 23.2 Å². The van der Waals surface area contributed by atoms with Crippen molar-refractivity contribution in [2.24, 2.45) is 11.8 Å². The minimum absolute atomic E-state index is 0.603. The molecule has 0 heterocycles. The van der Waals surface area contributed by atoms with Gasteiger partial charge < -0.3 is 5.32 Å². The molecule has 1 aromatic rings. The topological polar surface area (TPSA) is 12.0 Å². The van der Waals surface area contributed by atoms with Crippen LogP contribution in [-0.2, 0) is 6.42 Å². The molecule has 0 spiro atoms. The Balaban J connectivity index is 2.65. The first kappa shape index (κ1) is 13.8. The molecule has 90 valence electrons. The highest BCUT2D eigenvalue weighted by Crippen LogP contribution is 2.25. The molecule has 0 amide bonds. The Labute approximate surface area is 108 Å². The lowest BCUT2D eigenvalue weighted by Gasteiger charge is -2.20. The monoisotopic (exact) mass is 259 g/mol. The Morgan fingerprint density at radius 2 is 1.88 bits per heavy atom. The van der Waals surface area contributed by atoms with Gasteiger partial charge in [0.15, 0.2) is 0 Å². The fourth-order valence-electron chi connectivity index (χ4n) is 1.76. The van der Waals surface area contributed by atoms with Crippen LogP contribution in [0.15, 0.2) is 18.2 Å². The van der Waals surface area contributed by atoms with Crippen molar-refractivity contribution in [3.8, 4) is 0 Å². The molecule has 0 aliphatic carbocycles. The molecule has 2 unspecified atom stereocenters. The summed E-state index contributed by atoms with van der Waals surface area (Å²) < 4.78 is 0. The van der Waals surface area contributed by atoms with Crippen molar-refractivity contribution in [2.45, 2.75) is 20.3 Å². The van der Waals surface area contributed by atoms with Crippen LogP contribution in [0.5, 0.6) is 0 Å². The maximum Gasteiger partial charge on any atom is 0.0452 e. The van der Waals surface area contributed by atoms with E-state index >= 15 is 0 Å². The van der Waals surface area contributed by atoms with Crippen LogP contribution in [-0.4, -0.2) is 13.6 Å². The first-order valence-electron chi connectivity index (χ1n) is 5.63. The summed E-state index contributed by atoms with van der Waals surface area (Å²) in [6.07, 6.45) is 0.999. The third kappa shape index (κ3) is 3.97. The highest BCUT2D eigenvalue weighted by atomic mass is 35.5. The standard InChI is InChI=1S/C13H19Cl2N/c1-9(10(2)8-16-3)6-11-4-5-12(14)7-13(11)15/h4-5,7,9-10,16H,6,8H2,1-3H3. The van der Waals surface area contributed by atoms with E-state index in [1.807, 2.05) is 25.2 Å². The van der Waals surface area contributed by atoms with Gasteiger partial charge >= 0.3 is 0 Å². The normalized spacial score (nSPS) is 14.8. The molecule has 0 bridgehead atoms. The molecule has 0 saturated heterocycles. The first-order chi connectivity index (χ1) is 7.54. The third-order valence-corrected chi connectivity index (χ3v) is 3.64. The number of nitrogens with one attached hydrogen (secondary N) is 1. The second-order valence-corrected chi connectivity index (χ2v) is 5.30. The van der Waals surface area contributed by atoms with E-state index in [1.54, 1.807) is 0 Å². The quantitative estimate of drug-likeness (QED) is 0.842. The Morgan fingerprint density at radius 3 is 2.44 bits per heavy atom. The van der Waals surface area contributed by atoms with E-state index in [2.05, 4.69) is 19.2 Å². The van der Waals surface area contributed by atoms with Crippen molar-refractivity contribution in [2.75, 3.05) is 13.6 Å². The summed E-state index contributed by atoms with van der Waals surface area (Å²) in [5.41, 5.74) is 1.18. The summed E-state index contributed by atoms with van der Waals surface area (Å²) in [6, 6.07) is 5.74. The summed E-state index contributed by atoms with van der Waals surface area (Å²) in [6.45, 7) is 5.55. The van der Waals surface area contributed by atoms with E-state index in [0.29, 0.717) is 16.9 Å². The molecule has 0 aliphatic heterocycles. The number of hydrogen-bond acceptors (Lipinski definition) is 1. The number of hydrogen-bond donors (Lipinski definition) is 1. The summed E-state index contributed by atoms with van der Waals surface area (Å²) in [5, 5.41) is 4.68. The minimum Gasteiger partial charge on any atom is -0.319 e. The molecule has 0 saturated carbocycles. The predicted molar refractivity (Wildman–Crippen MR) is 72.4 cm³/mol. The van der Waals surface area contributed by atoms with E-state index < -0.39 is 0 Å². The number of benzene rings is 1. The second kappa shape index (κ2) is 6.48. The fraction of sp³-hybridized carbons (Fsp3) is 0.538. The van der Waals surface area contributed by atoms with Gasteiger partial charge in [-0.2, -0.15) is 0 Å². The zero-order valence-corrected chi connectivity index (χ0v) is 11.6. The maximum absolute atomic E-state index is 6.16. The van der Waals surface area contributed by atoms with Crippen LogP contribution in [0.3, 0.4) is 0 Å². The molecule has 2 atom stereocenters. The number of rotatable bonds is 5. The highest BCUT2D eigenvalue weighted by molar-refractivity contribution is 6.35. The van der Waals surface area contributed by atoms with Crippen LogP contribution in [0, 0.1) is 11.8 Å². The van der Waals surface area contributed by atoms with Crippen LogP contribution in [0.4, 0.5) is 0 Å². The van der Waals surface area contributed by atoms with E-state index in [1.165, 1.54) is 5.56 Å². The van der Waals surface area contributed by atoms with Crippen molar-refractivity contribution in [3.05, 3.63) is 33.8 Å². The van der Waals surface area contributed by atoms with Gasteiger partial charge in [0.05, 0.1) is 0 Å². The van der Waals surface area contributed by atoms with Gasteiger partial charge in [0.2, 0.25) is 0 Å². The first-order valence-corrected chi connectivity index (χ1v) is 6.38. The molecule has 1 N–H and O–H groups in total. The average Bonchev–Trinajstić information content (AvgIpc) is 2.22. The smallest absolute Gasteiger partial charge is 0.0452 e. The Morgan fingerprint density at radius 1 is 1.19 bits per heavy atom. The molecule has 3 heteroatoms. The second-order valence-electron chi connectivity index (χ2n) is 4.45. The highest BCUT2D eigenvalue weighted by Gasteiger charge is 2.13. The van der Waals surface area contributed by atoms with E-state index in [0.717, 1.165) is 18.0 Å². The van der Waals surface area contributed by atoms with Crippen LogP contribution >= 0.6 is 23.2 Å². The summed E-state index contributed by atoms with van der Waals surface area (Å²) in [7, 11) is 1.98. The van der Waals surface area contributed by atoms with Gasteiger partial charge in [-0.25, -0.2) is 0 Å². The lowest BCUT2D eigenvalue weighted by Crippen LogP contribution is -2.23. The van der Waals surface area contributed by atoms with Crippen LogP contribution in [0.2, 0.25) is 10.0 Å². The van der Waals surface area contributed by atoms with Crippen LogP contribution in [0.1, 0.15) is 19.4 Å². The van der Waals surface area contributed by atoms with E-state index in [9.17, 15) is 0 Å². The Hall–Kier alpha value is -0.240. The van der Waals surface area contributed by atoms with Gasteiger partial charge in [-0.3, -0.25) is 0 Å². The zero-order chi connectivity index (χ0) is 12.1. The van der Waals surface area contributed by atoms with Crippen molar-refractivity contribution in [1.82, 2.24) is 5.32 Å². The van der Waals surface area contributed by atoms with Gasteiger partial charge in [0, 0.05) is 10.0 Å². The molecule has 0 fully saturated rings. The molecular formula is C13H19Cl2N. The zero-order valence-electron chi connectivity index (χ0n) is 10.1. The summed E-state index contributed by atoms with van der Waals surface area (Å²) in [4.78, 5) is 0. The Bertz CT molecular complexity index is 339. The Kier molecular flexibility index (Phi) is 5.60. The SMILES string of the molecule is CNCC(C)C(C)Cc1ccc(Cl)cc1Cl. The van der Waals surface area contributed by atoms with Crippen molar-refractivity contribution < 1.29 is 0 Å². The molecule has 0 aliphatic rings. The molecule has 1 nitrogen and oxygen atoms in total. The summed E-state index contributed by atoms with van der Waals surface area (Å²) >= 11 is 12.0. The van der Waals surface area contributed by atoms with Crippen LogP contribution < -0.4 is 5.32 Å².